The topological polar surface area (TPSA) is 66.8 Å². The highest BCUT2D eigenvalue weighted by atomic mass is 16.5. The van der Waals surface area contributed by atoms with Gasteiger partial charge in [0.05, 0.1) is 7.11 Å². The first-order chi connectivity index (χ1) is 12.4. The second-order valence-corrected chi connectivity index (χ2v) is 6.40. The molecule has 0 saturated heterocycles. The summed E-state index contributed by atoms with van der Waals surface area (Å²) in [5.41, 5.74) is 1.89. The summed E-state index contributed by atoms with van der Waals surface area (Å²) in [6, 6.07) is 16.1. The molecule has 5 nitrogen and oxygen atoms in total. The van der Waals surface area contributed by atoms with E-state index < -0.39 is 12.0 Å². The Morgan fingerprint density at radius 2 is 1.77 bits per heavy atom. The van der Waals surface area contributed by atoms with Gasteiger partial charge in [0.2, 0.25) is 5.91 Å². The van der Waals surface area contributed by atoms with E-state index in [-0.39, 0.29) is 24.8 Å². The minimum absolute atomic E-state index is 0.0446. The molecule has 138 valence electrons. The lowest BCUT2D eigenvalue weighted by atomic mass is 9.96. The molecule has 0 aliphatic heterocycles. The Kier molecular flexibility index (Phi) is 6.78. The zero-order chi connectivity index (χ0) is 19.1. The molecule has 0 aliphatic rings. The van der Waals surface area contributed by atoms with E-state index in [4.69, 9.17) is 4.74 Å². The maximum absolute atomic E-state index is 12.9. The van der Waals surface area contributed by atoms with Gasteiger partial charge in [0.25, 0.3) is 0 Å². The van der Waals surface area contributed by atoms with Crippen LogP contribution < -0.4 is 4.74 Å². The van der Waals surface area contributed by atoms with Crippen molar-refractivity contribution in [3.63, 3.8) is 0 Å². The molecule has 26 heavy (non-hydrogen) atoms. The van der Waals surface area contributed by atoms with Gasteiger partial charge in [0.1, 0.15) is 11.8 Å². The van der Waals surface area contributed by atoms with Crippen molar-refractivity contribution in [2.45, 2.75) is 38.8 Å². The second-order valence-electron chi connectivity index (χ2n) is 6.40. The first-order valence-corrected chi connectivity index (χ1v) is 8.62. The van der Waals surface area contributed by atoms with Crippen molar-refractivity contribution in [1.29, 1.82) is 0 Å². The summed E-state index contributed by atoms with van der Waals surface area (Å²) in [5.74, 6) is -0.499. The normalized spacial score (nSPS) is 12.9. The Balaban J connectivity index is 2.15. The molecule has 0 radical (unpaired) electrons. The quantitative estimate of drug-likeness (QED) is 0.784. The van der Waals surface area contributed by atoms with E-state index >= 15 is 0 Å². The number of amides is 1. The number of ether oxygens (including phenoxy) is 1. The van der Waals surface area contributed by atoms with Crippen molar-refractivity contribution < 1.29 is 19.4 Å². The number of carboxylic acid groups (broad SMARTS) is 1. The van der Waals surface area contributed by atoms with Crippen molar-refractivity contribution >= 4 is 11.9 Å². The number of carbonyl (C=O) groups excluding carboxylic acids is 1. The minimum atomic E-state index is -1.01. The SMILES string of the molecule is COc1cccc(C(C)CC(=O)N(Cc2ccccc2)C(C)C(=O)O)c1. The van der Waals surface area contributed by atoms with E-state index in [0.717, 1.165) is 16.9 Å². The van der Waals surface area contributed by atoms with Crippen LogP contribution in [0.25, 0.3) is 0 Å². The Morgan fingerprint density at radius 1 is 1.08 bits per heavy atom. The molecule has 5 heteroatoms. The van der Waals surface area contributed by atoms with E-state index in [1.54, 1.807) is 14.0 Å². The Morgan fingerprint density at radius 3 is 2.38 bits per heavy atom. The number of nitrogens with zero attached hydrogens (tertiary/aromatic N) is 1. The number of carbonyl (C=O) groups is 2. The Bertz CT molecular complexity index is 745. The number of hydrogen-bond donors (Lipinski definition) is 1. The summed E-state index contributed by atoms with van der Waals surface area (Å²) >= 11 is 0. The number of benzene rings is 2. The summed E-state index contributed by atoms with van der Waals surface area (Å²) in [5, 5.41) is 9.39. The largest absolute Gasteiger partial charge is 0.497 e. The second kappa shape index (κ2) is 9.04. The van der Waals surface area contributed by atoms with Crippen molar-refractivity contribution in [3.8, 4) is 5.75 Å². The summed E-state index contributed by atoms with van der Waals surface area (Å²) in [4.78, 5) is 25.8. The number of aliphatic carboxylic acids is 1. The van der Waals surface area contributed by atoms with Crippen LogP contribution in [0.4, 0.5) is 0 Å². The van der Waals surface area contributed by atoms with Gasteiger partial charge >= 0.3 is 5.97 Å². The third kappa shape index (κ3) is 5.09. The van der Waals surface area contributed by atoms with Crippen molar-refractivity contribution in [3.05, 3.63) is 65.7 Å². The van der Waals surface area contributed by atoms with Gasteiger partial charge in [-0.05, 0) is 36.1 Å². The lowest BCUT2D eigenvalue weighted by molar-refractivity contribution is -0.150. The molecule has 1 N–H and O–H groups in total. The Hall–Kier alpha value is -2.82. The first kappa shape index (κ1) is 19.5. The third-order valence-corrected chi connectivity index (χ3v) is 4.48. The fraction of sp³-hybridized carbons (Fsp3) is 0.333. The van der Waals surface area contributed by atoms with E-state index in [0.29, 0.717) is 0 Å². The molecule has 1 amide bonds. The lowest BCUT2D eigenvalue weighted by Crippen LogP contribution is -2.43. The van der Waals surface area contributed by atoms with Crippen LogP contribution in [-0.4, -0.2) is 35.0 Å². The van der Waals surface area contributed by atoms with Crippen LogP contribution in [0, 0.1) is 0 Å². The molecule has 0 bridgehead atoms. The summed E-state index contributed by atoms with van der Waals surface area (Å²) < 4.78 is 5.23. The molecule has 2 aromatic rings. The molecule has 2 rings (SSSR count). The zero-order valence-corrected chi connectivity index (χ0v) is 15.4. The molecule has 0 heterocycles. The molecule has 0 spiro atoms. The average molecular weight is 355 g/mol. The summed E-state index contributed by atoms with van der Waals surface area (Å²) in [6.45, 7) is 3.77. The predicted octanol–water partition coefficient (Wildman–Crippen LogP) is 3.69. The fourth-order valence-corrected chi connectivity index (χ4v) is 2.80. The highest BCUT2D eigenvalue weighted by Gasteiger charge is 2.27. The van der Waals surface area contributed by atoms with Gasteiger partial charge in [0.15, 0.2) is 0 Å². The van der Waals surface area contributed by atoms with Crippen LogP contribution in [0.3, 0.4) is 0 Å². The Labute approximate surface area is 154 Å². The van der Waals surface area contributed by atoms with Gasteiger partial charge in [-0.1, -0.05) is 49.4 Å². The molecular weight excluding hydrogens is 330 g/mol. The van der Waals surface area contributed by atoms with Gasteiger partial charge < -0.3 is 14.7 Å². The maximum Gasteiger partial charge on any atom is 0.326 e. The minimum Gasteiger partial charge on any atom is -0.497 e. The molecule has 0 saturated carbocycles. The van der Waals surface area contributed by atoms with Crippen LogP contribution in [0.2, 0.25) is 0 Å². The highest BCUT2D eigenvalue weighted by Crippen LogP contribution is 2.25. The van der Waals surface area contributed by atoms with Crippen molar-refractivity contribution in [2.24, 2.45) is 0 Å². The van der Waals surface area contributed by atoms with Crippen LogP contribution in [0.15, 0.2) is 54.6 Å². The monoisotopic (exact) mass is 355 g/mol. The van der Waals surface area contributed by atoms with E-state index in [1.165, 1.54) is 4.90 Å². The molecule has 0 fully saturated rings. The number of methoxy groups -OCH3 is 1. The van der Waals surface area contributed by atoms with Crippen LogP contribution in [0.5, 0.6) is 5.75 Å². The van der Waals surface area contributed by atoms with Crippen molar-refractivity contribution in [1.82, 2.24) is 4.90 Å². The van der Waals surface area contributed by atoms with Gasteiger partial charge in [-0.2, -0.15) is 0 Å². The van der Waals surface area contributed by atoms with Gasteiger partial charge in [-0.15, -0.1) is 0 Å². The van der Waals surface area contributed by atoms with E-state index in [1.807, 2.05) is 61.5 Å². The molecule has 2 aromatic carbocycles. The van der Waals surface area contributed by atoms with Crippen molar-refractivity contribution in [2.75, 3.05) is 7.11 Å². The molecule has 0 aromatic heterocycles. The maximum atomic E-state index is 12.9. The molecule has 0 aliphatic carbocycles. The van der Waals surface area contributed by atoms with Gasteiger partial charge in [-0.3, -0.25) is 4.79 Å². The number of carboxylic acids is 1. The summed E-state index contributed by atoms with van der Waals surface area (Å²) in [7, 11) is 1.60. The van der Waals surface area contributed by atoms with Crippen LogP contribution in [-0.2, 0) is 16.1 Å². The summed E-state index contributed by atoms with van der Waals surface area (Å²) in [6.07, 6.45) is 0.234. The fourth-order valence-electron chi connectivity index (χ4n) is 2.80. The molecule has 2 atom stereocenters. The average Bonchev–Trinajstić information content (AvgIpc) is 2.66. The zero-order valence-electron chi connectivity index (χ0n) is 15.4. The van der Waals surface area contributed by atoms with Crippen LogP contribution >= 0.6 is 0 Å². The number of hydrogen-bond acceptors (Lipinski definition) is 3. The molecular formula is C21H25NO4. The lowest BCUT2D eigenvalue weighted by Gasteiger charge is -2.28. The van der Waals surface area contributed by atoms with E-state index in [2.05, 4.69) is 0 Å². The van der Waals surface area contributed by atoms with Crippen LogP contribution in [0.1, 0.15) is 37.3 Å². The third-order valence-electron chi connectivity index (χ3n) is 4.48. The first-order valence-electron chi connectivity index (χ1n) is 8.62. The van der Waals surface area contributed by atoms with E-state index in [9.17, 15) is 14.7 Å². The van der Waals surface area contributed by atoms with Gasteiger partial charge in [0, 0.05) is 13.0 Å². The smallest absolute Gasteiger partial charge is 0.326 e. The van der Waals surface area contributed by atoms with Gasteiger partial charge in [-0.25, -0.2) is 4.79 Å². The number of rotatable bonds is 8. The highest BCUT2D eigenvalue weighted by molar-refractivity contribution is 5.83. The molecule has 2 unspecified atom stereocenters. The predicted molar refractivity (Wildman–Crippen MR) is 100 cm³/mol. The standard InChI is InChI=1S/C21H25NO4/c1-15(18-10-7-11-19(13-18)26-3)12-20(23)22(16(2)21(24)25)14-17-8-5-4-6-9-17/h4-11,13,15-16H,12,14H2,1-3H3,(H,24,25).